The number of nitrogens with one attached hydrogen (secondary N) is 1. The van der Waals surface area contributed by atoms with Gasteiger partial charge in [0.2, 0.25) is 0 Å². The van der Waals surface area contributed by atoms with Gasteiger partial charge in [-0.2, -0.15) is 5.10 Å². The fourth-order valence-corrected chi connectivity index (χ4v) is 0.770. The number of aliphatic hydroxyl groups excluding tert-OH is 2. The fourth-order valence-electron chi connectivity index (χ4n) is 0.770. The van der Waals surface area contributed by atoms with Gasteiger partial charge in [0, 0.05) is 6.61 Å². The summed E-state index contributed by atoms with van der Waals surface area (Å²) in [5.74, 6) is 0. The van der Waals surface area contributed by atoms with Crippen LogP contribution in [0.25, 0.3) is 0 Å². The van der Waals surface area contributed by atoms with Crippen molar-refractivity contribution in [2.75, 3.05) is 6.61 Å². The van der Waals surface area contributed by atoms with Crippen LogP contribution in [0.15, 0.2) is 5.10 Å². The molecule has 0 spiro atoms. The summed E-state index contributed by atoms with van der Waals surface area (Å²) >= 11 is 0. The average Bonchev–Trinajstić information content (AvgIpc) is 2.18. The van der Waals surface area contributed by atoms with Gasteiger partial charge in [0.1, 0.15) is 6.10 Å². The Morgan fingerprint density at radius 3 is 2.89 bits per heavy atom. The first kappa shape index (κ1) is 6.51. The Morgan fingerprint density at radius 2 is 2.44 bits per heavy atom. The van der Waals surface area contributed by atoms with Crippen molar-refractivity contribution < 1.29 is 10.2 Å². The maximum Gasteiger partial charge on any atom is 0.113 e. The lowest BCUT2D eigenvalue weighted by Crippen LogP contribution is -2.32. The summed E-state index contributed by atoms with van der Waals surface area (Å²) < 4.78 is 0. The quantitative estimate of drug-likeness (QED) is 0.434. The van der Waals surface area contributed by atoms with Crippen molar-refractivity contribution in [2.45, 2.75) is 18.6 Å². The first-order valence-corrected chi connectivity index (χ1v) is 2.92. The lowest BCUT2D eigenvalue weighted by Gasteiger charge is -2.10. The molecule has 1 aliphatic rings. The Hall–Kier alpha value is -0.610. The molecular formula is C5H10N2O2. The van der Waals surface area contributed by atoms with Gasteiger partial charge in [0.05, 0.1) is 12.3 Å². The van der Waals surface area contributed by atoms with E-state index in [0.717, 1.165) is 0 Å². The number of nitrogens with zero attached hydrogens (tertiary/aromatic N) is 1. The average molecular weight is 130 g/mol. The van der Waals surface area contributed by atoms with Crippen molar-refractivity contribution in [3.05, 3.63) is 0 Å². The fraction of sp³-hybridized carbons (Fsp3) is 0.800. The van der Waals surface area contributed by atoms with Gasteiger partial charge in [-0.3, -0.25) is 0 Å². The standard InChI is InChI=1S/C5H10N2O2/c8-2-1-4-5(9)3-6-7-4/h3-5,7-9H,1-2H2. The second kappa shape index (κ2) is 2.80. The molecule has 1 heterocycles. The van der Waals surface area contributed by atoms with E-state index in [9.17, 15) is 0 Å². The molecule has 2 unspecified atom stereocenters. The second-order valence-corrected chi connectivity index (χ2v) is 2.02. The maximum absolute atomic E-state index is 9.00. The molecule has 0 aromatic heterocycles. The number of hydrogen-bond donors (Lipinski definition) is 3. The molecule has 52 valence electrons. The highest BCUT2D eigenvalue weighted by Gasteiger charge is 2.19. The summed E-state index contributed by atoms with van der Waals surface area (Å²) in [6, 6.07) is -0.0880. The van der Waals surface area contributed by atoms with Crippen LogP contribution in [0.3, 0.4) is 0 Å². The molecule has 1 rings (SSSR count). The molecule has 3 N–H and O–H groups in total. The lowest BCUT2D eigenvalue weighted by molar-refractivity contribution is 0.178. The molecule has 9 heavy (non-hydrogen) atoms. The minimum absolute atomic E-state index is 0.0814. The van der Waals surface area contributed by atoms with Crippen molar-refractivity contribution in [3.8, 4) is 0 Å². The third-order valence-corrected chi connectivity index (χ3v) is 1.32. The molecule has 0 saturated heterocycles. The summed E-state index contributed by atoms with van der Waals surface area (Å²) in [5.41, 5.74) is 2.67. The Labute approximate surface area is 53.2 Å². The molecule has 0 fully saturated rings. The van der Waals surface area contributed by atoms with E-state index in [1.165, 1.54) is 6.21 Å². The van der Waals surface area contributed by atoms with Gasteiger partial charge in [-0.1, -0.05) is 0 Å². The number of hydrogen-bond acceptors (Lipinski definition) is 4. The predicted octanol–water partition coefficient (Wildman–Crippen LogP) is -1.31. The van der Waals surface area contributed by atoms with Crippen LogP contribution in [-0.2, 0) is 0 Å². The van der Waals surface area contributed by atoms with Gasteiger partial charge < -0.3 is 15.6 Å². The zero-order chi connectivity index (χ0) is 6.69. The zero-order valence-corrected chi connectivity index (χ0v) is 4.99. The van der Waals surface area contributed by atoms with E-state index >= 15 is 0 Å². The zero-order valence-electron chi connectivity index (χ0n) is 4.99. The lowest BCUT2D eigenvalue weighted by atomic mass is 10.1. The summed E-state index contributed by atoms with van der Waals surface area (Å²) in [5, 5.41) is 21.1. The first-order chi connectivity index (χ1) is 4.34. The van der Waals surface area contributed by atoms with Gasteiger partial charge >= 0.3 is 0 Å². The molecule has 0 aliphatic carbocycles. The van der Waals surface area contributed by atoms with Gasteiger partial charge in [-0.15, -0.1) is 0 Å². The third-order valence-electron chi connectivity index (χ3n) is 1.32. The smallest absolute Gasteiger partial charge is 0.113 e. The van der Waals surface area contributed by atoms with Crippen molar-refractivity contribution >= 4 is 6.21 Å². The molecule has 0 aromatic rings. The summed E-state index contributed by atoms with van der Waals surface area (Å²) in [4.78, 5) is 0. The van der Waals surface area contributed by atoms with Crippen LogP contribution < -0.4 is 5.43 Å². The van der Waals surface area contributed by atoms with Crippen molar-refractivity contribution in [3.63, 3.8) is 0 Å². The van der Waals surface area contributed by atoms with E-state index < -0.39 is 6.10 Å². The molecule has 0 bridgehead atoms. The van der Waals surface area contributed by atoms with Gasteiger partial charge in [0.25, 0.3) is 0 Å². The Bertz CT molecular complexity index is 116. The normalized spacial score (nSPS) is 32.7. The molecule has 4 nitrogen and oxygen atoms in total. The monoisotopic (exact) mass is 130 g/mol. The minimum Gasteiger partial charge on any atom is -0.396 e. The van der Waals surface area contributed by atoms with Crippen molar-refractivity contribution in [1.29, 1.82) is 0 Å². The van der Waals surface area contributed by atoms with E-state index in [0.29, 0.717) is 6.42 Å². The van der Waals surface area contributed by atoms with Crippen LogP contribution in [0, 0.1) is 0 Å². The Balaban J connectivity index is 2.28. The van der Waals surface area contributed by atoms with Gasteiger partial charge in [0.15, 0.2) is 0 Å². The van der Waals surface area contributed by atoms with Crippen molar-refractivity contribution in [1.82, 2.24) is 5.43 Å². The van der Waals surface area contributed by atoms with E-state index in [1.807, 2.05) is 0 Å². The first-order valence-electron chi connectivity index (χ1n) is 2.92. The summed E-state index contributed by atoms with van der Waals surface area (Å²) in [6.07, 6.45) is 1.44. The summed E-state index contributed by atoms with van der Waals surface area (Å²) in [7, 11) is 0. The molecule has 0 saturated carbocycles. The molecule has 0 radical (unpaired) electrons. The van der Waals surface area contributed by atoms with E-state index in [-0.39, 0.29) is 12.6 Å². The Kier molecular flexibility index (Phi) is 2.02. The van der Waals surface area contributed by atoms with E-state index in [4.69, 9.17) is 10.2 Å². The van der Waals surface area contributed by atoms with Crippen LogP contribution in [0.2, 0.25) is 0 Å². The van der Waals surface area contributed by atoms with E-state index in [1.54, 1.807) is 0 Å². The molecule has 4 heteroatoms. The molecule has 0 amide bonds. The number of aliphatic hydroxyl groups is 2. The van der Waals surface area contributed by atoms with Gasteiger partial charge in [-0.25, -0.2) is 0 Å². The van der Waals surface area contributed by atoms with Gasteiger partial charge in [-0.05, 0) is 6.42 Å². The molecule has 0 aromatic carbocycles. The Morgan fingerprint density at radius 1 is 1.67 bits per heavy atom. The highest BCUT2D eigenvalue weighted by atomic mass is 16.3. The highest BCUT2D eigenvalue weighted by Crippen LogP contribution is 2.01. The van der Waals surface area contributed by atoms with Crippen LogP contribution >= 0.6 is 0 Å². The number of hydrazone groups is 1. The highest BCUT2D eigenvalue weighted by molar-refractivity contribution is 5.65. The van der Waals surface area contributed by atoms with Crippen LogP contribution in [-0.4, -0.2) is 35.2 Å². The van der Waals surface area contributed by atoms with Crippen LogP contribution in [0.4, 0.5) is 0 Å². The van der Waals surface area contributed by atoms with Crippen molar-refractivity contribution in [2.24, 2.45) is 5.10 Å². The largest absolute Gasteiger partial charge is 0.396 e. The third kappa shape index (κ3) is 1.40. The number of rotatable bonds is 2. The maximum atomic E-state index is 9.00. The van der Waals surface area contributed by atoms with Crippen LogP contribution in [0.5, 0.6) is 0 Å². The minimum atomic E-state index is -0.530. The molecule has 1 aliphatic heterocycles. The SMILES string of the molecule is OCCC1NN=CC1O. The van der Waals surface area contributed by atoms with E-state index in [2.05, 4.69) is 10.5 Å². The predicted molar refractivity (Wildman–Crippen MR) is 33.1 cm³/mol. The summed E-state index contributed by atoms with van der Waals surface area (Å²) in [6.45, 7) is 0.0814. The topological polar surface area (TPSA) is 64.8 Å². The second-order valence-electron chi connectivity index (χ2n) is 2.02. The van der Waals surface area contributed by atoms with Crippen LogP contribution in [0.1, 0.15) is 6.42 Å². The molecule has 2 atom stereocenters. The molecular weight excluding hydrogens is 120 g/mol.